The summed E-state index contributed by atoms with van der Waals surface area (Å²) in [4.78, 5) is 0. The molecule has 0 amide bonds. The van der Waals surface area contributed by atoms with E-state index in [-0.39, 0.29) is 10.8 Å². The summed E-state index contributed by atoms with van der Waals surface area (Å²) in [6, 6.07) is 9.27. The molecule has 0 bridgehead atoms. The van der Waals surface area contributed by atoms with Gasteiger partial charge >= 0.3 is 0 Å². The van der Waals surface area contributed by atoms with E-state index in [0.29, 0.717) is 5.56 Å². The number of rotatable bonds is 4. The van der Waals surface area contributed by atoms with Gasteiger partial charge in [-0.1, -0.05) is 36.4 Å². The molecule has 0 aliphatic heterocycles. The molecule has 5 heteroatoms. The van der Waals surface area contributed by atoms with Crippen LogP contribution in [0.15, 0.2) is 54.2 Å². The summed E-state index contributed by atoms with van der Waals surface area (Å²) < 4.78 is 23.9. The van der Waals surface area contributed by atoms with Crippen molar-refractivity contribution in [2.24, 2.45) is 0 Å². The van der Waals surface area contributed by atoms with Crippen molar-refractivity contribution in [3.63, 3.8) is 0 Å². The summed E-state index contributed by atoms with van der Waals surface area (Å²) in [7, 11) is -3.41. The molecule has 0 aliphatic rings. The topological polar surface area (TPSA) is 62.8 Å². The molecule has 0 spiro atoms. The summed E-state index contributed by atoms with van der Waals surface area (Å²) in [5.74, 6) is -0.113. The van der Waals surface area contributed by atoms with Crippen molar-refractivity contribution in [2.75, 3.05) is 5.75 Å². The number of hydrogen-bond acceptors (Lipinski definition) is 3. The highest BCUT2D eigenvalue weighted by atomic mass is 32.2. The Labute approximate surface area is 99.9 Å². The van der Waals surface area contributed by atoms with Crippen LogP contribution in [0.4, 0.5) is 0 Å². The van der Waals surface area contributed by atoms with Crippen molar-refractivity contribution in [1.82, 2.24) is 10.2 Å². The first kappa shape index (κ1) is 11.6. The Kier molecular flexibility index (Phi) is 3.10. The second-order valence-electron chi connectivity index (χ2n) is 3.54. The normalized spacial score (nSPS) is 11.3. The number of H-pyrrole nitrogens is 1. The van der Waals surface area contributed by atoms with E-state index in [1.807, 2.05) is 30.3 Å². The summed E-state index contributed by atoms with van der Waals surface area (Å²) in [6.45, 7) is 3.44. The summed E-state index contributed by atoms with van der Waals surface area (Å²) >= 11 is 0. The zero-order valence-corrected chi connectivity index (χ0v) is 9.94. The van der Waals surface area contributed by atoms with E-state index in [1.165, 1.54) is 6.08 Å². The van der Waals surface area contributed by atoms with E-state index in [2.05, 4.69) is 16.8 Å². The van der Waals surface area contributed by atoms with Crippen molar-refractivity contribution in [2.45, 2.75) is 5.03 Å². The van der Waals surface area contributed by atoms with Crippen LogP contribution in [0.25, 0.3) is 11.1 Å². The molecule has 1 heterocycles. The molecule has 0 saturated carbocycles. The van der Waals surface area contributed by atoms with E-state index < -0.39 is 9.84 Å². The van der Waals surface area contributed by atoms with Gasteiger partial charge in [0.05, 0.1) is 5.75 Å². The van der Waals surface area contributed by atoms with Gasteiger partial charge in [-0.25, -0.2) is 8.42 Å². The fourth-order valence-electron chi connectivity index (χ4n) is 1.57. The number of sulfone groups is 1. The average Bonchev–Trinajstić information content (AvgIpc) is 2.79. The molecule has 17 heavy (non-hydrogen) atoms. The number of nitrogens with one attached hydrogen (secondary N) is 1. The Morgan fingerprint density at radius 3 is 2.65 bits per heavy atom. The SMILES string of the molecule is C=CCS(=O)(=O)c1n[nH]cc1-c1ccccc1. The lowest BCUT2D eigenvalue weighted by molar-refractivity contribution is 0.595. The van der Waals surface area contributed by atoms with Gasteiger partial charge in [-0.3, -0.25) is 5.10 Å². The van der Waals surface area contributed by atoms with E-state index in [9.17, 15) is 8.42 Å². The summed E-state index contributed by atoms with van der Waals surface area (Å²) in [6.07, 6.45) is 2.95. The van der Waals surface area contributed by atoms with Gasteiger partial charge in [0.2, 0.25) is 9.84 Å². The largest absolute Gasteiger partial charge is 0.284 e. The van der Waals surface area contributed by atoms with Crippen LogP contribution in [-0.4, -0.2) is 24.4 Å². The molecule has 0 aliphatic carbocycles. The summed E-state index contributed by atoms with van der Waals surface area (Å²) in [5.41, 5.74) is 1.41. The smallest absolute Gasteiger partial charge is 0.201 e. The highest BCUT2D eigenvalue weighted by Gasteiger charge is 2.20. The minimum absolute atomic E-state index is 0.0728. The first-order valence-corrected chi connectivity index (χ1v) is 6.73. The molecule has 1 aromatic carbocycles. The molecular formula is C12H12N2O2S. The van der Waals surface area contributed by atoms with Crippen LogP contribution in [0.1, 0.15) is 0 Å². The lowest BCUT2D eigenvalue weighted by Crippen LogP contribution is -2.06. The molecule has 2 rings (SSSR count). The van der Waals surface area contributed by atoms with Crippen LogP contribution in [0.5, 0.6) is 0 Å². The highest BCUT2D eigenvalue weighted by molar-refractivity contribution is 7.91. The van der Waals surface area contributed by atoms with Crippen LogP contribution in [0, 0.1) is 0 Å². The summed E-state index contributed by atoms with van der Waals surface area (Å²) in [5, 5.41) is 6.49. The molecule has 0 unspecified atom stereocenters. The number of aromatic amines is 1. The molecule has 2 aromatic rings. The van der Waals surface area contributed by atoms with Gasteiger partial charge in [0, 0.05) is 11.8 Å². The Morgan fingerprint density at radius 2 is 2.00 bits per heavy atom. The van der Waals surface area contributed by atoms with Gasteiger partial charge in [-0.05, 0) is 5.56 Å². The quantitative estimate of drug-likeness (QED) is 0.842. The van der Waals surface area contributed by atoms with Crippen molar-refractivity contribution in [3.05, 3.63) is 49.2 Å². The Hall–Kier alpha value is -1.88. The average molecular weight is 248 g/mol. The molecule has 1 N–H and O–H groups in total. The highest BCUT2D eigenvalue weighted by Crippen LogP contribution is 2.25. The Balaban J connectivity index is 2.53. The lowest BCUT2D eigenvalue weighted by Gasteiger charge is -2.02. The Morgan fingerprint density at radius 1 is 1.29 bits per heavy atom. The van der Waals surface area contributed by atoms with Gasteiger partial charge in [0.1, 0.15) is 0 Å². The predicted octanol–water partition coefficient (Wildman–Crippen LogP) is 2.04. The fraction of sp³-hybridized carbons (Fsp3) is 0.0833. The minimum Gasteiger partial charge on any atom is -0.284 e. The third-order valence-corrected chi connectivity index (χ3v) is 3.90. The molecule has 88 valence electrons. The van der Waals surface area contributed by atoms with E-state index in [0.717, 1.165) is 5.56 Å². The molecule has 4 nitrogen and oxygen atoms in total. The van der Waals surface area contributed by atoms with Crippen LogP contribution >= 0.6 is 0 Å². The second-order valence-corrected chi connectivity index (χ2v) is 5.49. The van der Waals surface area contributed by atoms with Crippen LogP contribution < -0.4 is 0 Å². The maximum absolute atomic E-state index is 11.9. The van der Waals surface area contributed by atoms with Gasteiger partial charge in [-0.2, -0.15) is 5.10 Å². The van der Waals surface area contributed by atoms with Crippen molar-refractivity contribution in [1.29, 1.82) is 0 Å². The monoisotopic (exact) mass is 248 g/mol. The van der Waals surface area contributed by atoms with Crippen molar-refractivity contribution < 1.29 is 8.42 Å². The molecule has 0 saturated heterocycles. The third-order valence-electron chi connectivity index (χ3n) is 2.32. The van der Waals surface area contributed by atoms with Gasteiger partial charge in [-0.15, -0.1) is 6.58 Å². The third kappa shape index (κ3) is 2.29. The van der Waals surface area contributed by atoms with Crippen LogP contribution in [0.3, 0.4) is 0 Å². The molecule has 0 radical (unpaired) electrons. The zero-order chi connectivity index (χ0) is 12.3. The minimum atomic E-state index is -3.41. The van der Waals surface area contributed by atoms with Gasteiger partial charge in [0.25, 0.3) is 0 Å². The van der Waals surface area contributed by atoms with Crippen LogP contribution in [-0.2, 0) is 9.84 Å². The standard InChI is InChI=1S/C12H12N2O2S/c1-2-8-17(15,16)12-11(9-13-14-12)10-6-4-3-5-7-10/h2-7,9H,1,8H2,(H,13,14). The van der Waals surface area contributed by atoms with E-state index in [1.54, 1.807) is 6.20 Å². The number of benzene rings is 1. The molecule has 0 atom stereocenters. The van der Waals surface area contributed by atoms with E-state index >= 15 is 0 Å². The van der Waals surface area contributed by atoms with Crippen molar-refractivity contribution in [3.8, 4) is 11.1 Å². The zero-order valence-electron chi connectivity index (χ0n) is 9.13. The van der Waals surface area contributed by atoms with Gasteiger partial charge in [0.15, 0.2) is 5.03 Å². The molecule has 0 fully saturated rings. The number of nitrogens with zero attached hydrogens (tertiary/aromatic N) is 1. The van der Waals surface area contributed by atoms with Gasteiger partial charge < -0.3 is 0 Å². The Bertz CT molecular complexity index is 615. The van der Waals surface area contributed by atoms with E-state index in [4.69, 9.17) is 0 Å². The van der Waals surface area contributed by atoms with Crippen molar-refractivity contribution >= 4 is 9.84 Å². The lowest BCUT2D eigenvalue weighted by atomic mass is 10.1. The molecule has 1 aromatic heterocycles. The maximum Gasteiger partial charge on any atom is 0.201 e. The maximum atomic E-state index is 11.9. The predicted molar refractivity (Wildman–Crippen MR) is 66.3 cm³/mol. The second kappa shape index (κ2) is 4.55. The first-order valence-electron chi connectivity index (χ1n) is 5.08. The first-order chi connectivity index (χ1) is 8.15. The number of aromatic nitrogens is 2. The van der Waals surface area contributed by atoms with Crippen LogP contribution in [0.2, 0.25) is 0 Å². The fourth-order valence-corrected chi connectivity index (χ4v) is 2.74. The molecular weight excluding hydrogens is 236 g/mol. The number of hydrogen-bond donors (Lipinski definition) is 1.